The topological polar surface area (TPSA) is 80.7 Å². The molecule has 3 rings (SSSR count). The summed E-state index contributed by atoms with van der Waals surface area (Å²) in [4.78, 5) is 4.46. The summed E-state index contributed by atoms with van der Waals surface area (Å²) < 4.78 is 6.12. The molecule has 7 heteroatoms. The molecule has 0 bridgehead atoms. The molecule has 3 N–H and O–H groups in total. The quantitative estimate of drug-likeness (QED) is 0.762. The van der Waals surface area contributed by atoms with Crippen molar-refractivity contribution >= 4 is 33.1 Å². The Morgan fingerprint density at radius 1 is 1.41 bits per heavy atom. The number of anilines is 1. The molecule has 0 radical (unpaired) electrons. The number of thiazole rings is 1. The Labute approximate surface area is 109 Å². The van der Waals surface area contributed by atoms with Crippen molar-refractivity contribution in [3.05, 3.63) is 28.4 Å². The Kier molecular flexibility index (Phi) is 2.49. The number of furan rings is 1. The van der Waals surface area contributed by atoms with E-state index in [0.29, 0.717) is 10.5 Å². The number of halogens is 1. The summed E-state index contributed by atoms with van der Waals surface area (Å²) in [6.07, 6.45) is 1.66. The van der Waals surface area contributed by atoms with Gasteiger partial charge in [0.1, 0.15) is 16.5 Å². The lowest BCUT2D eigenvalue weighted by Crippen LogP contribution is -1.87. The molecule has 0 aliphatic rings. The molecule has 0 saturated carbocycles. The van der Waals surface area contributed by atoms with Crippen LogP contribution in [0.15, 0.2) is 32.8 Å². The van der Waals surface area contributed by atoms with E-state index in [4.69, 9.17) is 10.2 Å². The number of hydrogen-bond acceptors (Lipinski definition) is 5. The maximum Gasteiger partial charge on any atom is 0.169 e. The first kappa shape index (κ1) is 10.5. The number of nitrogens with two attached hydrogens (primary N) is 1. The molecule has 0 aromatic carbocycles. The van der Waals surface area contributed by atoms with Crippen LogP contribution in [0.5, 0.6) is 0 Å². The van der Waals surface area contributed by atoms with Gasteiger partial charge in [-0.15, -0.1) is 11.3 Å². The Morgan fingerprint density at radius 2 is 2.29 bits per heavy atom. The van der Waals surface area contributed by atoms with Crippen molar-refractivity contribution in [1.82, 2.24) is 15.2 Å². The van der Waals surface area contributed by atoms with Crippen LogP contribution in [0.25, 0.3) is 22.0 Å². The van der Waals surface area contributed by atoms with Gasteiger partial charge in [-0.05, 0) is 28.1 Å². The predicted octanol–water partition coefficient (Wildman–Crippen LogP) is 3.14. The highest BCUT2D eigenvalue weighted by atomic mass is 79.9. The molecule has 86 valence electrons. The summed E-state index contributed by atoms with van der Waals surface area (Å²) in [7, 11) is 0. The van der Waals surface area contributed by atoms with E-state index in [-0.39, 0.29) is 0 Å². The molecule has 3 aromatic rings. The predicted molar refractivity (Wildman–Crippen MR) is 69.5 cm³/mol. The fourth-order valence-corrected chi connectivity index (χ4v) is 2.57. The second kappa shape index (κ2) is 4.01. The Bertz CT molecular complexity index is 657. The summed E-state index contributed by atoms with van der Waals surface area (Å²) in [5.74, 6) is 1.24. The standard InChI is InChI=1S/C10H7BrN4OS/c11-8-2-1-7(16-8)6-4-17-10(14-6)5-3-13-15-9(5)12/h1-4H,(H3,12,13,15). The van der Waals surface area contributed by atoms with E-state index in [9.17, 15) is 0 Å². The molecule has 0 saturated heterocycles. The zero-order valence-corrected chi connectivity index (χ0v) is 10.9. The molecular weight excluding hydrogens is 304 g/mol. The van der Waals surface area contributed by atoms with E-state index in [1.54, 1.807) is 6.20 Å². The van der Waals surface area contributed by atoms with E-state index >= 15 is 0 Å². The van der Waals surface area contributed by atoms with Gasteiger partial charge in [0.25, 0.3) is 0 Å². The third-order valence-electron chi connectivity index (χ3n) is 2.23. The molecule has 0 spiro atoms. The Morgan fingerprint density at radius 3 is 2.94 bits per heavy atom. The highest BCUT2D eigenvalue weighted by Crippen LogP contribution is 2.32. The molecule has 0 amide bonds. The van der Waals surface area contributed by atoms with Gasteiger partial charge >= 0.3 is 0 Å². The summed E-state index contributed by atoms with van der Waals surface area (Å²) >= 11 is 4.76. The molecular formula is C10H7BrN4OS. The van der Waals surface area contributed by atoms with Gasteiger partial charge in [0, 0.05) is 5.38 Å². The molecule has 0 aliphatic carbocycles. The average molecular weight is 311 g/mol. The fraction of sp³-hybridized carbons (Fsp3) is 0. The van der Waals surface area contributed by atoms with Gasteiger partial charge in [0.15, 0.2) is 10.4 Å². The average Bonchev–Trinajstić information content (AvgIpc) is 2.97. The minimum atomic E-state index is 0.520. The zero-order chi connectivity index (χ0) is 11.8. The second-order valence-corrected chi connectivity index (χ2v) is 4.98. The molecule has 0 aliphatic heterocycles. The van der Waals surface area contributed by atoms with Crippen LogP contribution < -0.4 is 5.73 Å². The number of H-pyrrole nitrogens is 1. The lowest BCUT2D eigenvalue weighted by molar-refractivity contribution is 0.554. The minimum Gasteiger partial charge on any atom is -0.448 e. The van der Waals surface area contributed by atoms with Gasteiger partial charge in [-0.25, -0.2) is 4.98 Å². The van der Waals surface area contributed by atoms with Crippen molar-refractivity contribution in [2.24, 2.45) is 0 Å². The minimum absolute atomic E-state index is 0.520. The molecule has 3 heterocycles. The van der Waals surface area contributed by atoms with Crippen LogP contribution in [-0.4, -0.2) is 15.2 Å². The zero-order valence-electron chi connectivity index (χ0n) is 8.48. The first-order valence-electron chi connectivity index (χ1n) is 4.74. The lowest BCUT2D eigenvalue weighted by Gasteiger charge is -1.91. The lowest BCUT2D eigenvalue weighted by atomic mass is 10.3. The molecule has 0 fully saturated rings. The summed E-state index contributed by atoms with van der Waals surface area (Å²) in [6, 6.07) is 3.70. The monoisotopic (exact) mass is 310 g/mol. The van der Waals surface area contributed by atoms with Gasteiger partial charge in [0.2, 0.25) is 0 Å². The van der Waals surface area contributed by atoms with E-state index in [0.717, 1.165) is 22.0 Å². The van der Waals surface area contributed by atoms with Crippen molar-refractivity contribution in [2.45, 2.75) is 0 Å². The van der Waals surface area contributed by atoms with E-state index in [1.165, 1.54) is 11.3 Å². The van der Waals surface area contributed by atoms with Crippen LogP contribution in [-0.2, 0) is 0 Å². The van der Waals surface area contributed by atoms with E-state index < -0.39 is 0 Å². The smallest absolute Gasteiger partial charge is 0.169 e. The molecule has 3 aromatic heterocycles. The van der Waals surface area contributed by atoms with Crippen molar-refractivity contribution in [1.29, 1.82) is 0 Å². The SMILES string of the molecule is Nc1[nH]ncc1-c1nc(-c2ccc(Br)o2)cs1. The van der Waals surface area contributed by atoms with Crippen molar-refractivity contribution in [3.8, 4) is 22.0 Å². The third kappa shape index (κ3) is 1.87. The van der Waals surface area contributed by atoms with E-state index in [1.807, 2.05) is 17.5 Å². The van der Waals surface area contributed by atoms with Crippen LogP contribution in [0.3, 0.4) is 0 Å². The maximum absolute atomic E-state index is 5.74. The number of nitrogens with one attached hydrogen (secondary N) is 1. The summed E-state index contributed by atoms with van der Waals surface area (Å²) in [5, 5.41) is 9.30. The van der Waals surface area contributed by atoms with Crippen molar-refractivity contribution in [3.63, 3.8) is 0 Å². The Balaban J connectivity index is 2.01. The molecule has 17 heavy (non-hydrogen) atoms. The van der Waals surface area contributed by atoms with Crippen LogP contribution in [0.4, 0.5) is 5.82 Å². The van der Waals surface area contributed by atoms with Crippen LogP contribution in [0, 0.1) is 0 Å². The third-order valence-corrected chi connectivity index (χ3v) is 3.53. The first-order valence-corrected chi connectivity index (χ1v) is 6.42. The fourth-order valence-electron chi connectivity index (χ4n) is 1.43. The van der Waals surface area contributed by atoms with Crippen molar-refractivity contribution < 1.29 is 4.42 Å². The number of hydrogen-bond donors (Lipinski definition) is 2. The normalized spacial score (nSPS) is 10.9. The molecule has 5 nitrogen and oxygen atoms in total. The highest BCUT2D eigenvalue weighted by Gasteiger charge is 2.12. The number of nitrogen functional groups attached to an aromatic ring is 1. The van der Waals surface area contributed by atoms with Crippen LogP contribution >= 0.6 is 27.3 Å². The van der Waals surface area contributed by atoms with Crippen LogP contribution in [0.2, 0.25) is 0 Å². The van der Waals surface area contributed by atoms with Gasteiger partial charge in [-0.1, -0.05) is 0 Å². The largest absolute Gasteiger partial charge is 0.448 e. The maximum atomic E-state index is 5.74. The highest BCUT2D eigenvalue weighted by molar-refractivity contribution is 9.10. The molecule has 0 unspecified atom stereocenters. The summed E-state index contributed by atoms with van der Waals surface area (Å²) in [5.41, 5.74) is 7.34. The van der Waals surface area contributed by atoms with Crippen molar-refractivity contribution in [2.75, 3.05) is 5.73 Å². The van der Waals surface area contributed by atoms with Gasteiger partial charge in [-0.3, -0.25) is 5.10 Å². The van der Waals surface area contributed by atoms with Crippen LogP contribution in [0.1, 0.15) is 0 Å². The number of rotatable bonds is 2. The van der Waals surface area contributed by atoms with Gasteiger partial charge in [0.05, 0.1) is 11.8 Å². The number of aromatic amines is 1. The molecule has 0 atom stereocenters. The van der Waals surface area contributed by atoms with Gasteiger partial charge < -0.3 is 10.2 Å². The summed E-state index contributed by atoms with van der Waals surface area (Å²) in [6.45, 7) is 0. The van der Waals surface area contributed by atoms with E-state index in [2.05, 4.69) is 31.1 Å². The van der Waals surface area contributed by atoms with Gasteiger partial charge in [-0.2, -0.15) is 5.10 Å². The number of nitrogens with zero attached hydrogens (tertiary/aromatic N) is 2. The second-order valence-electron chi connectivity index (χ2n) is 3.34. The number of aromatic nitrogens is 3. The Hall–Kier alpha value is -1.60. The first-order chi connectivity index (χ1) is 8.24.